The first-order chi connectivity index (χ1) is 18.2. The normalized spacial score (nSPS) is 23.0. The lowest BCUT2D eigenvalue weighted by Crippen LogP contribution is -2.30. The molecule has 2 aromatic carbocycles. The third-order valence-electron chi connectivity index (χ3n) is 8.68. The van der Waals surface area contributed by atoms with Crippen molar-refractivity contribution in [2.75, 3.05) is 20.5 Å². The fourth-order valence-corrected chi connectivity index (χ4v) is 6.95. The summed E-state index contributed by atoms with van der Waals surface area (Å²) in [6.07, 6.45) is 14.3. The number of allylic oxidation sites excluding steroid dienone is 3. The largest absolute Gasteiger partial charge is 0.396 e. The van der Waals surface area contributed by atoms with Gasteiger partial charge in [0, 0.05) is 25.0 Å². The number of methoxy groups -OCH3 is 1. The van der Waals surface area contributed by atoms with E-state index in [1.54, 1.807) is 12.7 Å². The topological polar surface area (TPSA) is 38.7 Å². The molecule has 0 aliphatic heterocycles. The summed E-state index contributed by atoms with van der Waals surface area (Å²) in [7, 11) is 1.71. The number of rotatable bonds is 16. The Morgan fingerprint density at radius 2 is 1.51 bits per heavy atom. The molecule has 4 rings (SSSR count). The molecule has 1 fully saturated rings. The van der Waals surface area contributed by atoms with Gasteiger partial charge in [-0.1, -0.05) is 111 Å². The van der Waals surface area contributed by atoms with Crippen molar-refractivity contribution in [3.8, 4) is 0 Å². The van der Waals surface area contributed by atoms with Crippen molar-refractivity contribution in [1.82, 2.24) is 0 Å². The summed E-state index contributed by atoms with van der Waals surface area (Å²) in [6, 6.07) is 21.9. The Labute approximate surface area is 224 Å². The van der Waals surface area contributed by atoms with Gasteiger partial charge in [0.25, 0.3) is 0 Å². The fraction of sp³-hybridized carbons (Fsp3) is 0.529. The van der Waals surface area contributed by atoms with Crippen LogP contribution in [0.3, 0.4) is 0 Å². The second kappa shape index (κ2) is 14.1. The highest BCUT2D eigenvalue weighted by molar-refractivity contribution is 5.90. The molecule has 1 saturated carbocycles. The summed E-state index contributed by atoms with van der Waals surface area (Å²) in [6.45, 7) is 5.46. The molecule has 0 spiro atoms. The summed E-state index contributed by atoms with van der Waals surface area (Å²) >= 11 is 0. The maximum atomic E-state index is 8.96. The molecule has 0 radical (unpaired) electrons. The van der Waals surface area contributed by atoms with E-state index in [1.165, 1.54) is 60.8 Å². The monoisotopic (exact) mass is 502 g/mol. The molecule has 200 valence electrons. The Morgan fingerprint density at radius 3 is 2.16 bits per heavy atom. The molecule has 2 aromatic rings. The summed E-state index contributed by atoms with van der Waals surface area (Å²) in [5, 5.41) is 8.96. The first-order valence-electron chi connectivity index (χ1n) is 14.5. The van der Waals surface area contributed by atoms with Crippen LogP contribution in [0.15, 0.2) is 72.8 Å². The van der Waals surface area contributed by atoms with Crippen LogP contribution in [0.1, 0.15) is 88.2 Å². The van der Waals surface area contributed by atoms with Crippen LogP contribution in [0.25, 0.3) is 11.1 Å². The standard InChI is InChI=1S/C34H46O3/c1-27(28-17-12-9-13-18-28)34-23-22-32(37-26-36-2)31(34)25-30(33(34)29-19-14-10-15-20-29)21-11-7-5-3-4-6-8-16-24-35/h9-10,12-15,17-20,31-32,35H,1,3-8,11,16,21-26H2,2H3. The van der Waals surface area contributed by atoms with Gasteiger partial charge in [0.2, 0.25) is 0 Å². The Hall–Kier alpha value is -2.20. The maximum absolute atomic E-state index is 8.96. The fourth-order valence-electron chi connectivity index (χ4n) is 6.95. The van der Waals surface area contributed by atoms with Gasteiger partial charge in [0.1, 0.15) is 6.79 Å². The van der Waals surface area contributed by atoms with Crippen LogP contribution in [-0.4, -0.2) is 31.7 Å². The maximum Gasteiger partial charge on any atom is 0.146 e. The van der Waals surface area contributed by atoms with Crippen molar-refractivity contribution in [2.24, 2.45) is 11.3 Å². The van der Waals surface area contributed by atoms with Crippen LogP contribution in [0, 0.1) is 11.3 Å². The molecular weight excluding hydrogens is 456 g/mol. The highest BCUT2D eigenvalue weighted by Crippen LogP contribution is 2.66. The first-order valence-corrected chi connectivity index (χ1v) is 14.5. The van der Waals surface area contributed by atoms with Crippen LogP contribution in [-0.2, 0) is 9.47 Å². The minimum atomic E-state index is -0.0941. The Balaban J connectivity index is 1.57. The van der Waals surface area contributed by atoms with E-state index in [-0.39, 0.29) is 11.5 Å². The van der Waals surface area contributed by atoms with E-state index in [9.17, 15) is 0 Å². The molecule has 3 heteroatoms. The van der Waals surface area contributed by atoms with Crippen molar-refractivity contribution < 1.29 is 14.6 Å². The van der Waals surface area contributed by atoms with Crippen LogP contribution in [0.2, 0.25) is 0 Å². The third-order valence-corrected chi connectivity index (χ3v) is 8.68. The van der Waals surface area contributed by atoms with E-state index in [0.29, 0.717) is 19.3 Å². The Morgan fingerprint density at radius 1 is 0.892 bits per heavy atom. The molecule has 2 aliphatic rings. The van der Waals surface area contributed by atoms with Crippen LogP contribution in [0.5, 0.6) is 0 Å². The smallest absolute Gasteiger partial charge is 0.146 e. The van der Waals surface area contributed by atoms with Gasteiger partial charge in [0.15, 0.2) is 0 Å². The van der Waals surface area contributed by atoms with Gasteiger partial charge in [-0.2, -0.15) is 0 Å². The number of hydrogen-bond donors (Lipinski definition) is 1. The molecular formula is C34H46O3. The van der Waals surface area contributed by atoms with E-state index in [2.05, 4.69) is 60.7 Å². The van der Waals surface area contributed by atoms with Crippen molar-refractivity contribution in [3.05, 3.63) is 83.9 Å². The van der Waals surface area contributed by atoms with Gasteiger partial charge >= 0.3 is 0 Å². The van der Waals surface area contributed by atoms with Crippen molar-refractivity contribution in [3.63, 3.8) is 0 Å². The van der Waals surface area contributed by atoms with Crippen LogP contribution >= 0.6 is 0 Å². The molecule has 3 unspecified atom stereocenters. The van der Waals surface area contributed by atoms with E-state index < -0.39 is 0 Å². The van der Waals surface area contributed by atoms with Crippen LogP contribution < -0.4 is 0 Å². The molecule has 37 heavy (non-hydrogen) atoms. The van der Waals surface area contributed by atoms with Gasteiger partial charge in [-0.3, -0.25) is 0 Å². The average Bonchev–Trinajstić information content (AvgIpc) is 3.46. The second-order valence-corrected chi connectivity index (χ2v) is 10.9. The number of unbranched alkanes of at least 4 members (excludes halogenated alkanes) is 7. The molecule has 0 saturated heterocycles. The molecule has 0 heterocycles. The lowest BCUT2D eigenvalue weighted by molar-refractivity contribution is -0.0858. The van der Waals surface area contributed by atoms with Crippen LogP contribution in [0.4, 0.5) is 0 Å². The predicted octanol–water partition coefficient (Wildman–Crippen LogP) is 8.45. The van der Waals surface area contributed by atoms with E-state index in [4.69, 9.17) is 21.2 Å². The second-order valence-electron chi connectivity index (χ2n) is 10.9. The molecule has 0 bridgehead atoms. The highest BCUT2D eigenvalue weighted by atomic mass is 16.7. The molecule has 0 aromatic heterocycles. The SMILES string of the molecule is C=C(c1ccccc1)C12CCC(OCOC)C1CC(CCCCCCCCCCO)=C2c1ccccc1. The molecule has 3 atom stereocenters. The first kappa shape index (κ1) is 27.8. The van der Waals surface area contributed by atoms with Crippen molar-refractivity contribution >= 4 is 11.1 Å². The number of ether oxygens (including phenoxy) is 2. The Bertz CT molecular complexity index is 996. The van der Waals surface area contributed by atoms with Gasteiger partial charge in [-0.25, -0.2) is 0 Å². The van der Waals surface area contributed by atoms with E-state index in [1.807, 2.05) is 0 Å². The molecule has 0 amide bonds. The zero-order valence-corrected chi connectivity index (χ0v) is 22.8. The van der Waals surface area contributed by atoms with Crippen molar-refractivity contribution in [1.29, 1.82) is 0 Å². The zero-order valence-electron chi connectivity index (χ0n) is 22.8. The minimum Gasteiger partial charge on any atom is -0.396 e. The van der Waals surface area contributed by atoms with Gasteiger partial charge in [-0.05, 0) is 60.8 Å². The van der Waals surface area contributed by atoms with Gasteiger partial charge < -0.3 is 14.6 Å². The van der Waals surface area contributed by atoms with E-state index in [0.717, 1.165) is 38.5 Å². The molecule has 2 aliphatic carbocycles. The lowest BCUT2D eigenvalue weighted by atomic mass is 9.66. The zero-order chi connectivity index (χ0) is 25.9. The average molecular weight is 503 g/mol. The van der Waals surface area contributed by atoms with E-state index >= 15 is 0 Å². The highest BCUT2D eigenvalue weighted by Gasteiger charge is 2.57. The number of fused-ring (bicyclic) bond motifs is 1. The quantitative estimate of drug-likeness (QED) is 0.185. The number of hydrogen-bond acceptors (Lipinski definition) is 3. The molecule has 1 N–H and O–H groups in total. The van der Waals surface area contributed by atoms with Gasteiger partial charge in [0.05, 0.1) is 6.10 Å². The third kappa shape index (κ3) is 6.45. The van der Waals surface area contributed by atoms with Gasteiger partial charge in [-0.15, -0.1) is 0 Å². The summed E-state index contributed by atoms with van der Waals surface area (Å²) in [4.78, 5) is 0. The minimum absolute atomic E-state index is 0.0941. The number of aliphatic hydroxyl groups is 1. The summed E-state index contributed by atoms with van der Waals surface area (Å²) in [5.41, 5.74) is 6.90. The van der Waals surface area contributed by atoms with Crippen molar-refractivity contribution in [2.45, 2.75) is 83.2 Å². The Kier molecular flexibility index (Phi) is 10.6. The number of benzene rings is 2. The summed E-state index contributed by atoms with van der Waals surface area (Å²) < 4.78 is 11.6. The lowest BCUT2D eigenvalue weighted by Gasteiger charge is -2.37. The predicted molar refractivity (Wildman–Crippen MR) is 154 cm³/mol. The number of aliphatic hydroxyl groups excluding tert-OH is 1. The summed E-state index contributed by atoms with van der Waals surface area (Å²) in [5.74, 6) is 0.395. The molecule has 3 nitrogen and oxygen atoms in total.